The third-order valence-electron chi connectivity index (χ3n) is 7.26. The van der Waals surface area contributed by atoms with Crippen LogP contribution >= 0.6 is 0 Å². The van der Waals surface area contributed by atoms with E-state index >= 15 is 0 Å². The molecule has 4 aromatic rings. The van der Waals surface area contributed by atoms with Gasteiger partial charge in [-0.05, 0) is 48.7 Å². The molecule has 1 saturated heterocycles. The molecule has 1 aromatic carbocycles. The number of sulfonamides is 1. The summed E-state index contributed by atoms with van der Waals surface area (Å²) in [6, 6.07) is 9.06. The van der Waals surface area contributed by atoms with Crippen LogP contribution in [0.1, 0.15) is 23.6 Å². The second kappa shape index (κ2) is 10.4. The lowest BCUT2D eigenvalue weighted by Crippen LogP contribution is -2.43. The van der Waals surface area contributed by atoms with Gasteiger partial charge < -0.3 is 15.2 Å². The first-order valence-corrected chi connectivity index (χ1v) is 14.7. The van der Waals surface area contributed by atoms with Gasteiger partial charge in [0.15, 0.2) is 5.65 Å². The number of rotatable bonds is 8. The Balaban J connectivity index is 1.20. The molecule has 1 atom stereocenters. The molecule has 6 rings (SSSR count). The lowest BCUT2D eigenvalue weighted by Gasteiger charge is -2.30. The molecule has 1 unspecified atom stereocenters. The van der Waals surface area contributed by atoms with E-state index in [1.165, 1.54) is 10.6 Å². The Hall–Kier alpha value is -3.81. The number of morpholine rings is 1. The smallest absolute Gasteiger partial charge is 0.232 e. The van der Waals surface area contributed by atoms with Gasteiger partial charge in [0.25, 0.3) is 0 Å². The average molecular weight is 551 g/mol. The first kappa shape index (κ1) is 25.5. The van der Waals surface area contributed by atoms with E-state index in [1.807, 2.05) is 22.9 Å². The van der Waals surface area contributed by atoms with Crippen LogP contribution < -0.4 is 9.62 Å². The van der Waals surface area contributed by atoms with Gasteiger partial charge in [-0.2, -0.15) is 10.1 Å². The second-order valence-electron chi connectivity index (χ2n) is 9.78. The molecular weight excluding hydrogens is 520 g/mol. The fourth-order valence-corrected chi connectivity index (χ4v) is 6.18. The molecule has 0 spiro atoms. The van der Waals surface area contributed by atoms with Gasteiger partial charge in [-0.3, -0.25) is 9.21 Å². The Bertz CT molecular complexity index is 1590. The van der Waals surface area contributed by atoms with Crippen molar-refractivity contribution in [2.24, 2.45) is 0 Å². The summed E-state index contributed by atoms with van der Waals surface area (Å²) in [4.78, 5) is 15.4. The molecule has 0 bridgehead atoms. The maximum Gasteiger partial charge on any atom is 0.232 e. The molecule has 204 valence electrons. The van der Waals surface area contributed by atoms with Crippen LogP contribution in [0.25, 0.3) is 11.0 Å². The number of fused-ring (bicyclic) bond motifs is 2. The van der Waals surface area contributed by atoms with Crippen LogP contribution in [0.4, 0.5) is 17.3 Å². The van der Waals surface area contributed by atoms with E-state index in [1.54, 1.807) is 30.7 Å². The molecule has 3 aromatic heterocycles. The Labute approximate surface area is 226 Å². The minimum atomic E-state index is -3.44. The minimum absolute atomic E-state index is 0.0483. The maximum absolute atomic E-state index is 12.5. The predicted molar refractivity (Wildman–Crippen MR) is 147 cm³/mol. The summed E-state index contributed by atoms with van der Waals surface area (Å²) in [5.74, 6) is 0.475. The van der Waals surface area contributed by atoms with E-state index in [4.69, 9.17) is 9.72 Å². The standard InChI is InChI=1S/C26H30N8O4S/c1-39(36,37)33(11-10-32-12-14-38-15-13-32)20-4-2-19(3-5-20)30-26-28-16-18-17-29-34(24(18)31-26)23-7-6-22-21(23)8-9-27-25(22)35/h2-5,8-9,16-17,23H,6-7,10-15H2,1H3,(H,27,35)(H,28,30,31). The van der Waals surface area contributed by atoms with Crippen molar-refractivity contribution in [3.8, 4) is 5.88 Å². The Morgan fingerprint density at radius 1 is 1.13 bits per heavy atom. The van der Waals surface area contributed by atoms with Gasteiger partial charge in [0.1, 0.15) is 0 Å². The average Bonchev–Trinajstić information content (AvgIpc) is 3.54. The number of hydrogen-bond donors (Lipinski definition) is 2. The van der Waals surface area contributed by atoms with Crippen LogP contribution in [-0.2, 0) is 21.2 Å². The van der Waals surface area contributed by atoms with E-state index in [2.05, 4.69) is 25.3 Å². The molecule has 2 aliphatic rings. The number of aromatic hydroxyl groups is 1. The molecular formula is C26H30N8O4S. The molecule has 0 saturated carbocycles. The third-order valence-corrected chi connectivity index (χ3v) is 8.45. The molecule has 0 amide bonds. The van der Waals surface area contributed by atoms with Crippen LogP contribution in [0.2, 0.25) is 0 Å². The minimum Gasteiger partial charge on any atom is -0.493 e. The van der Waals surface area contributed by atoms with Crippen LogP contribution in [0.5, 0.6) is 5.88 Å². The molecule has 39 heavy (non-hydrogen) atoms. The number of anilines is 3. The summed E-state index contributed by atoms with van der Waals surface area (Å²) in [6.45, 7) is 3.95. The van der Waals surface area contributed by atoms with Crippen molar-refractivity contribution < 1.29 is 18.3 Å². The molecule has 1 aliphatic heterocycles. The Morgan fingerprint density at radius 2 is 1.92 bits per heavy atom. The largest absolute Gasteiger partial charge is 0.493 e. The summed E-state index contributed by atoms with van der Waals surface area (Å²) >= 11 is 0. The summed E-state index contributed by atoms with van der Waals surface area (Å²) in [5.41, 5.74) is 3.87. The van der Waals surface area contributed by atoms with Gasteiger partial charge in [0.05, 0.1) is 42.8 Å². The van der Waals surface area contributed by atoms with Gasteiger partial charge in [0, 0.05) is 49.8 Å². The van der Waals surface area contributed by atoms with Crippen LogP contribution in [0, 0.1) is 0 Å². The Morgan fingerprint density at radius 3 is 2.69 bits per heavy atom. The topological polar surface area (TPSA) is 139 Å². The maximum atomic E-state index is 12.5. The molecule has 1 aliphatic carbocycles. The van der Waals surface area contributed by atoms with E-state index in [0.717, 1.165) is 48.1 Å². The monoisotopic (exact) mass is 550 g/mol. The number of nitrogens with zero attached hydrogens (tertiary/aromatic N) is 7. The second-order valence-corrected chi connectivity index (χ2v) is 11.7. The lowest BCUT2D eigenvalue weighted by atomic mass is 10.1. The summed E-state index contributed by atoms with van der Waals surface area (Å²) < 4.78 is 33.8. The van der Waals surface area contributed by atoms with E-state index in [0.29, 0.717) is 43.6 Å². The number of pyridine rings is 1. The number of benzene rings is 1. The normalized spacial score (nSPS) is 17.8. The van der Waals surface area contributed by atoms with Crippen molar-refractivity contribution in [2.75, 3.05) is 55.3 Å². The van der Waals surface area contributed by atoms with Crippen LogP contribution in [-0.4, -0.2) is 88.8 Å². The molecule has 13 heteroatoms. The van der Waals surface area contributed by atoms with Crippen LogP contribution in [0.15, 0.2) is 48.9 Å². The fourth-order valence-electron chi connectivity index (χ4n) is 5.26. The highest BCUT2D eigenvalue weighted by Gasteiger charge is 2.29. The van der Waals surface area contributed by atoms with E-state index in [-0.39, 0.29) is 11.9 Å². The highest BCUT2D eigenvalue weighted by Crippen LogP contribution is 2.38. The van der Waals surface area contributed by atoms with Gasteiger partial charge in [-0.15, -0.1) is 0 Å². The first-order valence-electron chi connectivity index (χ1n) is 12.9. The molecule has 2 N–H and O–H groups in total. The van der Waals surface area contributed by atoms with E-state index in [9.17, 15) is 13.5 Å². The number of nitrogens with one attached hydrogen (secondary N) is 1. The quantitative estimate of drug-likeness (QED) is 0.336. The number of hydrogen-bond acceptors (Lipinski definition) is 10. The zero-order chi connectivity index (χ0) is 27.0. The number of aromatic nitrogens is 5. The highest BCUT2D eigenvalue weighted by atomic mass is 32.2. The van der Waals surface area contributed by atoms with E-state index < -0.39 is 10.0 Å². The molecule has 1 fully saturated rings. The van der Waals surface area contributed by atoms with Crippen molar-refractivity contribution in [1.29, 1.82) is 0 Å². The van der Waals surface area contributed by atoms with Gasteiger partial charge in [-0.25, -0.2) is 23.1 Å². The summed E-state index contributed by atoms with van der Waals surface area (Å²) in [5, 5.41) is 18.7. The summed E-state index contributed by atoms with van der Waals surface area (Å²) in [7, 11) is -3.44. The van der Waals surface area contributed by atoms with Crippen LogP contribution in [0.3, 0.4) is 0 Å². The third kappa shape index (κ3) is 5.24. The predicted octanol–water partition coefficient (Wildman–Crippen LogP) is 2.30. The zero-order valence-electron chi connectivity index (χ0n) is 21.6. The van der Waals surface area contributed by atoms with Gasteiger partial charge >= 0.3 is 0 Å². The lowest BCUT2D eigenvalue weighted by molar-refractivity contribution is 0.0395. The Kier molecular flexibility index (Phi) is 6.79. The molecule has 12 nitrogen and oxygen atoms in total. The number of ether oxygens (including phenoxy) is 1. The zero-order valence-corrected chi connectivity index (χ0v) is 22.4. The molecule has 0 radical (unpaired) electrons. The highest BCUT2D eigenvalue weighted by molar-refractivity contribution is 7.92. The van der Waals surface area contributed by atoms with Crippen molar-refractivity contribution in [3.63, 3.8) is 0 Å². The van der Waals surface area contributed by atoms with Gasteiger partial charge in [-0.1, -0.05) is 0 Å². The van der Waals surface area contributed by atoms with Gasteiger partial charge in [0.2, 0.25) is 21.9 Å². The van der Waals surface area contributed by atoms with Crippen molar-refractivity contribution in [1.82, 2.24) is 29.6 Å². The fraction of sp³-hybridized carbons (Fsp3) is 0.385. The van der Waals surface area contributed by atoms with Crippen molar-refractivity contribution >= 4 is 38.4 Å². The first-order chi connectivity index (χ1) is 18.9. The molecule has 4 heterocycles. The SMILES string of the molecule is CS(=O)(=O)N(CCN1CCOCC1)c1ccc(Nc2ncc3cnn(C4CCc5c4ccnc5O)c3n2)cc1. The van der Waals surface area contributed by atoms with Crippen molar-refractivity contribution in [2.45, 2.75) is 18.9 Å². The van der Waals surface area contributed by atoms with Crippen molar-refractivity contribution in [3.05, 3.63) is 60.0 Å². The summed E-state index contributed by atoms with van der Waals surface area (Å²) in [6.07, 6.45) is 7.81.